The maximum atomic E-state index is 13.5. The highest BCUT2D eigenvalue weighted by molar-refractivity contribution is 5.90. The largest absolute Gasteiger partial charge is 0.497 e. The molecule has 2 unspecified atom stereocenters. The second-order valence-electron chi connectivity index (χ2n) is 14.4. The zero-order valence-electron chi connectivity index (χ0n) is 36.3. The van der Waals surface area contributed by atoms with Gasteiger partial charge in [0, 0.05) is 70.2 Å². The van der Waals surface area contributed by atoms with Crippen LogP contribution in [0.5, 0.6) is 11.5 Å². The van der Waals surface area contributed by atoms with E-state index in [1.54, 1.807) is 74.9 Å². The van der Waals surface area contributed by atoms with Gasteiger partial charge in [-0.1, -0.05) is 48.5 Å². The molecule has 4 aromatic carbocycles. The highest BCUT2D eigenvalue weighted by Crippen LogP contribution is 2.35. The number of piperazine rings is 1. The maximum absolute atomic E-state index is 13.5. The Bertz CT molecular complexity index is 2180. The third-order valence-electron chi connectivity index (χ3n) is 9.67. The van der Waals surface area contributed by atoms with E-state index in [2.05, 4.69) is 9.80 Å². The van der Waals surface area contributed by atoms with Gasteiger partial charge in [0.25, 0.3) is 0 Å². The number of rotatable bonds is 19. The minimum absolute atomic E-state index is 0.322. The predicted molar refractivity (Wildman–Crippen MR) is 231 cm³/mol. The number of halogens is 6. The number of carboxylic acid groups (broad SMARTS) is 4. The number of carboxylic acids is 4. The first-order chi connectivity index (χ1) is 31.7. The molecule has 1 heterocycles. The molecule has 4 N–H and O–H groups in total. The van der Waals surface area contributed by atoms with Crippen molar-refractivity contribution in [1.29, 1.82) is 0 Å². The van der Waals surface area contributed by atoms with Crippen molar-refractivity contribution >= 4 is 23.9 Å². The number of hydrogen-bond acceptors (Lipinski definition) is 10. The van der Waals surface area contributed by atoms with E-state index in [4.69, 9.17) is 39.4 Å². The van der Waals surface area contributed by atoms with E-state index in [0.717, 1.165) is 68.1 Å². The number of methoxy groups -OCH3 is 2. The molecular weight excluding hydrogens is 899 g/mol. The van der Waals surface area contributed by atoms with Crippen LogP contribution in [0.25, 0.3) is 0 Å². The van der Waals surface area contributed by atoms with E-state index in [0.29, 0.717) is 73.1 Å². The van der Waals surface area contributed by atoms with Crippen LogP contribution in [-0.2, 0) is 41.0 Å². The quantitative estimate of drug-likeness (QED) is 0.0401. The van der Waals surface area contributed by atoms with Crippen LogP contribution in [0.3, 0.4) is 0 Å². The van der Waals surface area contributed by atoms with Crippen LogP contribution in [-0.4, -0.2) is 121 Å². The smallest absolute Gasteiger partial charge is 0.416 e. The highest BCUT2D eigenvalue weighted by atomic mass is 19.4. The first kappa shape index (κ1) is 54.6. The molecule has 0 bridgehead atoms. The molecule has 20 heteroatoms. The molecule has 1 fully saturated rings. The Hall–Kier alpha value is -6.74. The number of carbonyl (C=O) groups is 4. The van der Waals surface area contributed by atoms with Crippen molar-refractivity contribution in [1.82, 2.24) is 9.80 Å². The number of nitrogens with zero attached hydrogens (tertiary/aromatic N) is 2. The standard InChI is InChI=1S/C39H42F6N2O4.2C4H4O4/c1-48-34-14-10-28(11-15-34)36(30-6-3-8-32(26-30)38(40,41)42)50-24-5-18-46-19-21-47(22-20-46)23-25-51-37(29-12-16-35(49-2)17-13-29)31-7-4-9-33(27-31)39(43,44)45;2*5-3(6)1-2-4(7)8/h3-4,6-17,26-27,36-37H,5,18-25H2,1-2H3;2*1-2H,(H,5,6)(H,7,8)/b;2*2-1-. The topological polar surface area (TPSA) is 193 Å². The van der Waals surface area contributed by atoms with Gasteiger partial charge in [0.1, 0.15) is 23.7 Å². The summed E-state index contributed by atoms with van der Waals surface area (Å²) in [7, 11) is 3.10. The summed E-state index contributed by atoms with van der Waals surface area (Å²) in [5, 5.41) is 31.2. The zero-order chi connectivity index (χ0) is 49.6. The van der Waals surface area contributed by atoms with E-state index in [-0.39, 0.29) is 0 Å². The predicted octanol–water partition coefficient (Wildman–Crippen LogP) is 8.08. The van der Waals surface area contributed by atoms with Crippen LogP contribution in [0, 0.1) is 0 Å². The van der Waals surface area contributed by atoms with Crippen molar-refractivity contribution in [2.75, 3.05) is 66.7 Å². The Morgan fingerprint density at radius 1 is 0.522 bits per heavy atom. The van der Waals surface area contributed by atoms with Gasteiger partial charge in [-0.15, -0.1) is 0 Å². The van der Waals surface area contributed by atoms with Gasteiger partial charge < -0.3 is 44.3 Å². The third-order valence-corrected chi connectivity index (χ3v) is 9.67. The number of aliphatic carboxylic acids is 4. The van der Waals surface area contributed by atoms with Gasteiger partial charge in [-0.3, -0.25) is 4.90 Å². The van der Waals surface area contributed by atoms with Gasteiger partial charge in [-0.05, 0) is 77.2 Å². The van der Waals surface area contributed by atoms with Crippen molar-refractivity contribution in [2.45, 2.75) is 31.0 Å². The fourth-order valence-electron chi connectivity index (χ4n) is 6.39. The summed E-state index contributed by atoms with van der Waals surface area (Å²) in [6.07, 6.45) is -7.36. The van der Waals surface area contributed by atoms with Crippen molar-refractivity contribution in [3.05, 3.63) is 155 Å². The average molecular weight is 949 g/mol. The van der Waals surface area contributed by atoms with Gasteiger partial charge in [-0.2, -0.15) is 26.3 Å². The molecule has 4 aromatic rings. The van der Waals surface area contributed by atoms with Gasteiger partial charge in [-0.25, -0.2) is 19.2 Å². The van der Waals surface area contributed by atoms with Crippen molar-refractivity contribution in [3.63, 3.8) is 0 Å². The average Bonchev–Trinajstić information content (AvgIpc) is 3.29. The first-order valence-corrected chi connectivity index (χ1v) is 20.3. The number of ether oxygens (including phenoxy) is 4. The van der Waals surface area contributed by atoms with Gasteiger partial charge in [0.05, 0.1) is 32.0 Å². The Balaban J connectivity index is 0.000000634. The number of hydrogen-bond donors (Lipinski definition) is 4. The number of alkyl halides is 6. The molecule has 5 rings (SSSR count). The molecule has 0 amide bonds. The molecule has 0 radical (unpaired) electrons. The second-order valence-corrected chi connectivity index (χ2v) is 14.4. The second kappa shape index (κ2) is 27.0. The minimum atomic E-state index is -4.47. The van der Waals surface area contributed by atoms with Crippen molar-refractivity contribution in [2.24, 2.45) is 0 Å². The molecule has 0 aromatic heterocycles. The molecule has 2 atom stereocenters. The summed E-state index contributed by atoms with van der Waals surface area (Å²) < 4.78 is 104. The van der Waals surface area contributed by atoms with E-state index in [9.17, 15) is 45.5 Å². The molecule has 67 heavy (non-hydrogen) atoms. The Kier molecular flexibility index (Phi) is 22.0. The van der Waals surface area contributed by atoms with Gasteiger partial charge in [0.15, 0.2) is 0 Å². The summed E-state index contributed by atoms with van der Waals surface area (Å²) in [4.78, 5) is 42.8. The molecule has 14 nitrogen and oxygen atoms in total. The fourth-order valence-corrected chi connectivity index (χ4v) is 6.39. The Labute approximate surface area is 381 Å². The summed E-state index contributed by atoms with van der Waals surface area (Å²) >= 11 is 0. The summed E-state index contributed by atoms with van der Waals surface area (Å²) in [5.74, 6) is -3.75. The van der Waals surface area contributed by atoms with Crippen LogP contribution in [0.2, 0.25) is 0 Å². The van der Waals surface area contributed by atoms with Gasteiger partial charge >= 0.3 is 36.2 Å². The normalized spacial score (nSPS) is 14.3. The lowest BCUT2D eigenvalue weighted by Crippen LogP contribution is -2.47. The number of benzene rings is 4. The molecule has 0 saturated carbocycles. The van der Waals surface area contributed by atoms with Crippen molar-refractivity contribution in [3.8, 4) is 11.5 Å². The summed E-state index contributed by atoms with van der Waals surface area (Å²) in [6, 6.07) is 24.7. The van der Waals surface area contributed by atoms with Crippen molar-refractivity contribution < 1.29 is 84.9 Å². The minimum Gasteiger partial charge on any atom is -0.497 e. The molecule has 0 spiro atoms. The lowest BCUT2D eigenvalue weighted by Gasteiger charge is -2.35. The van der Waals surface area contributed by atoms with Crippen LogP contribution >= 0.6 is 0 Å². The van der Waals surface area contributed by atoms with Crippen LogP contribution < -0.4 is 9.47 Å². The third kappa shape index (κ3) is 20.1. The van der Waals surface area contributed by atoms with Crippen LogP contribution in [0.15, 0.2) is 121 Å². The van der Waals surface area contributed by atoms with E-state index >= 15 is 0 Å². The molecule has 0 aliphatic carbocycles. The van der Waals surface area contributed by atoms with Crippen LogP contribution in [0.4, 0.5) is 26.3 Å². The molecule has 1 aliphatic heterocycles. The lowest BCUT2D eigenvalue weighted by atomic mass is 9.99. The summed E-state index contributed by atoms with van der Waals surface area (Å²) in [6.45, 7) is 5.25. The molecule has 362 valence electrons. The van der Waals surface area contributed by atoms with Gasteiger partial charge in [0.2, 0.25) is 0 Å². The SMILES string of the molecule is COc1ccc(C(OCCCN2CCN(CCOC(c3ccc(OC)cc3)c3cccc(C(F)(F)F)c3)CC2)c2cccc(C(F)(F)F)c2)cc1.O=C(O)/C=C\C(=O)O.O=C(O)/C=C\C(=O)O. The Morgan fingerprint density at radius 2 is 0.866 bits per heavy atom. The maximum Gasteiger partial charge on any atom is 0.416 e. The zero-order valence-corrected chi connectivity index (χ0v) is 36.3. The monoisotopic (exact) mass is 948 g/mol. The Morgan fingerprint density at radius 3 is 1.19 bits per heavy atom. The molecule has 1 saturated heterocycles. The van der Waals surface area contributed by atoms with Crippen LogP contribution in [0.1, 0.15) is 52.0 Å². The van der Waals surface area contributed by atoms with E-state index in [1.807, 2.05) is 0 Å². The fraction of sp³-hybridized carbons (Fsp3) is 0.319. The lowest BCUT2D eigenvalue weighted by molar-refractivity contribution is -0.138. The summed E-state index contributed by atoms with van der Waals surface area (Å²) in [5.41, 5.74) is 0.850. The van der Waals surface area contributed by atoms with E-state index in [1.165, 1.54) is 12.1 Å². The first-order valence-electron chi connectivity index (χ1n) is 20.3. The molecule has 1 aliphatic rings. The highest BCUT2D eigenvalue weighted by Gasteiger charge is 2.32. The molecular formula is C47H50F6N2O12. The van der Waals surface area contributed by atoms with E-state index < -0.39 is 59.6 Å².